The first-order valence-electron chi connectivity index (χ1n) is 8.23. The average Bonchev–Trinajstić information content (AvgIpc) is 3.35. The highest BCUT2D eigenvalue weighted by atomic mass is 16.5. The zero-order valence-electron chi connectivity index (χ0n) is 13.4. The third-order valence-electron chi connectivity index (χ3n) is 4.60. The zero-order valence-corrected chi connectivity index (χ0v) is 13.4. The molecule has 8 heteroatoms. The first-order valence-corrected chi connectivity index (χ1v) is 8.23. The van der Waals surface area contributed by atoms with E-state index in [9.17, 15) is 4.79 Å². The maximum Gasteiger partial charge on any atom is 0.228 e. The molecular formula is C16H20N6O2. The smallest absolute Gasteiger partial charge is 0.228 e. The SMILES string of the molecule is O=C(C1CCOC1)N1CCN(c2cc(-n3ccnc3)ncn2)CC1. The van der Waals surface area contributed by atoms with Crippen molar-refractivity contribution in [3.63, 3.8) is 0 Å². The Morgan fingerprint density at radius 2 is 2.00 bits per heavy atom. The van der Waals surface area contributed by atoms with E-state index >= 15 is 0 Å². The lowest BCUT2D eigenvalue weighted by atomic mass is 10.1. The number of rotatable bonds is 3. The van der Waals surface area contributed by atoms with Crippen molar-refractivity contribution in [2.24, 2.45) is 5.92 Å². The summed E-state index contributed by atoms with van der Waals surface area (Å²) in [5.41, 5.74) is 0. The Kier molecular flexibility index (Phi) is 4.12. The molecule has 126 valence electrons. The second-order valence-corrected chi connectivity index (χ2v) is 6.08. The lowest BCUT2D eigenvalue weighted by Crippen LogP contribution is -2.50. The van der Waals surface area contributed by atoms with Gasteiger partial charge in [0.05, 0.1) is 12.5 Å². The van der Waals surface area contributed by atoms with Gasteiger partial charge >= 0.3 is 0 Å². The number of aromatic nitrogens is 4. The van der Waals surface area contributed by atoms with E-state index in [1.54, 1.807) is 18.9 Å². The van der Waals surface area contributed by atoms with E-state index in [4.69, 9.17) is 4.74 Å². The highest BCUT2D eigenvalue weighted by Gasteiger charge is 2.30. The molecule has 2 aromatic heterocycles. The van der Waals surface area contributed by atoms with Crippen LogP contribution in [0.3, 0.4) is 0 Å². The minimum Gasteiger partial charge on any atom is -0.381 e. The van der Waals surface area contributed by atoms with Crippen LogP contribution in [0.2, 0.25) is 0 Å². The Hall–Kier alpha value is -2.48. The number of imidazole rings is 1. The molecule has 8 nitrogen and oxygen atoms in total. The van der Waals surface area contributed by atoms with E-state index in [0.29, 0.717) is 13.2 Å². The van der Waals surface area contributed by atoms with Gasteiger partial charge in [-0.05, 0) is 6.42 Å². The van der Waals surface area contributed by atoms with Crippen LogP contribution in [0.15, 0.2) is 31.1 Å². The summed E-state index contributed by atoms with van der Waals surface area (Å²) in [5.74, 6) is 1.95. The number of nitrogens with zero attached hydrogens (tertiary/aromatic N) is 6. The van der Waals surface area contributed by atoms with E-state index in [-0.39, 0.29) is 11.8 Å². The Morgan fingerprint density at radius 1 is 1.17 bits per heavy atom. The van der Waals surface area contributed by atoms with Crippen molar-refractivity contribution in [1.29, 1.82) is 0 Å². The summed E-state index contributed by atoms with van der Waals surface area (Å²) in [7, 11) is 0. The highest BCUT2D eigenvalue weighted by molar-refractivity contribution is 5.79. The molecule has 1 atom stereocenters. The first-order chi connectivity index (χ1) is 11.8. The van der Waals surface area contributed by atoms with Gasteiger partial charge in [0.15, 0.2) is 0 Å². The molecule has 24 heavy (non-hydrogen) atoms. The highest BCUT2D eigenvalue weighted by Crippen LogP contribution is 2.19. The summed E-state index contributed by atoms with van der Waals surface area (Å²) in [4.78, 5) is 29.3. The van der Waals surface area contributed by atoms with Gasteiger partial charge in [-0.15, -0.1) is 0 Å². The Balaban J connectivity index is 1.41. The normalized spacial score (nSPS) is 21.2. The molecule has 2 aliphatic rings. The summed E-state index contributed by atoms with van der Waals surface area (Å²) < 4.78 is 7.18. The fourth-order valence-corrected chi connectivity index (χ4v) is 3.19. The zero-order chi connectivity index (χ0) is 16.4. The van der Waals surface area contributed by atoms with Gasteiger partial charge in [0, 0.05) is 51.2 Å². The molecule has 2 saturated heterocycles. The number of ether oxygens (including phenoxy) is 1. The number of piperazine rings is 1. The van der Waals surface area contributed by atoms with Crippen molar-refractivity contribution in [1.82, 2.24) is 24.4 Å². The molecule has 0 radical (unpaired) electrons. The van der Waals surface area contributed by atoms with Gasteiger partial charge in [-0.2, -0.15) is 0 Å². The van der Waals surface area contributed by atoms with Crippen LogP contribution in [0, 0.1) is 5.92 Å². The Labute approximate surface area is 140 Å². The van der Waals surface area contributed by atoms with Gasteiger partial charge < -0.3 is 14.5 Å². The molecule has 4 heterocycles. The van der Waals surface area contributed by atoms with Gasteiger partial charge in [-0.25, -0.2) is 15.0 Å². The van der Waals surface area contributed by atoms with E-state index < -0.39 is 0 Å². The quantitative estimate of drug-likeness (QED) is 0.809. The van der Waals surface area contributed by atoms with Crippen molar-refractivity contribution < 1.29 is 9.53 Å². The molecule has 2 aromatic rings. The maximum atomic E-state index is 12.4. The van der Waals surface area contributed by atoms with Gasteiger partial charge in [-0.1, -0.05) is 0 Å². The summed E-state index contributed by atoms with van der Waals surface area (Å²) in [6, 6.07) is 1.95. The number of carbonyl (C=O) groups excluding carboxylic acids is 1. The standard InChI is InChI=1S/C16H20N6O2/c23-16(13-1-8-24-10-13)21-6-4-20(5-7-21)14-9-15(19-11-18-14)22-3-2-17-12-22/h2-3,9,11-13H,1,4-8,10H2. The van der Waals surface area contributed by atoms with Crippen molar-refractivity contribution in [2.45, 2.75) is 6.42 Å². The van der Waals surface area contributed by atoms with E-state index in [0.717, 1.165) is 44.2 Å². The lowest BCUT2D eigenvalue weighted by Gasteiger charge is -2.36. The number of anilines is 1. The third-order valence-corrected chi connectivity index (χ3v) is 4.60. The van der Waals surface area contributed by atoms with Crippen LogP contribution in [-0.2, 0) is 9.53 Å². The van der Waals surface area contributed by atoms with Crippen molar-refractivity contribution in [2.75, 3.05) is 44.3 Å². The monoisotopic (exact) mass is 328 g/mol. The molecule has 0 bridgehead atoms. The molecule has 0 saturated carbocycles. The molecule has 0 aromatic carbocycles. The van der Waals surface area contributed by atoms with Crippen LogP contribution in [-0.4, -0.2) is 69.7 Å². The second-order valence-electron chi connectivity index (χ2n) is 6.08. The fraction of sp³-hybridized carbons (Fsp3) is 0.500. The van der Waals surface area contributed by atoms with E-state index in [1.165, 1.54) is 0 Å². The maximum absolute atomic E-state index is 12.4. The van der Waals surface area contributed by atoms with Gasteiger partial charge in [-0.3, -0.25) is 9.36 Å². The summed E-state index contributed by atoms with van der Waals surface area (Å²) in [5, 5.41) is 0. The summed E-state index contributed by atoms with van der Waals surface area (Å²) in [6.45, 7) is 4.27. The van der Waals surface area contributed by atoms with Crippen molar-refractivity contribution in [3.8, 4) is 5.82 Å². The topological polar surface area (TPSA) is 76.4 Å². The summed E-state index contributed by atoms with van der Waals surface area (Å²) in [6.07, 6.45) is 7.70. The molecule has 0 N–H and O–H groups in total. The molecule has 1 amide bonds. The average molecular weight is 328 g/mol. The lowest BCUT2D eigenvalue weighted by molar-refractivity contribution is -0.135. The number of hydrogen-bond acceptors (Lipinski definition) is 6. The van der Waals surface area contributed by atoms with Crippen LogP contribution in [0.25, 0.3) is 5.82 Å². The van der Waals surface area contributed by atoms with Gasteiger partial charge in [0.25, 0.3) is 0 Å². The van der Waals surface area contributed by atoms with Crippen molar-refractivity contribution >= 4 is 11.7 Å². The van der Waals surface area contributed by atoms with Crippen LogP contribution in [0.4, 0.5) is 5.82 Å². The van der Waals surface area contributed by atoms with Crippen molar-refractivity contribution in [3.05, 3.63) is 31.1 Å². The minimum absolute atomic E-state index is 0.0449. The molecule has 2 fully saturated rings. The van der Waals surface area contributed by atoms with Gasteiger partial charge in [0.2, 0.25) is 5.91 Å². The number of amides is 1. The molecule has 2 aliphatic heterocycles. The Morgan fingerprint density at radius 3 is 2.71 bits per heavy atom. The van der Waals surface area contributed by atoms with E-state index in [1.807, 2.05) is 21.7 Å². The summed E-state index contributed by atoms with van der Waals surface area (Å²) >= 11 is 0. The predicted octanol–water partition coefficient (Wildman–Crippen LogP) is 0.347. The first kappa shape index (κ1) is 15.1. The van der Waals surface area contributed by atoms with Crippen LogP contribution in [0.5, 0.6) is 0 Å². The number of hydrogen-bond donors (Lipinski definition) is 0. The molecular weight excluding hydrogens is 308 g/mol. The molecule has 0 aliphatic carbocycles. The van der Waals surface area contributed by atoms with E-state index in [2.05, 4.69) is 19.9 Å². The molecule has 4 rings (SSSR count). The largest absolute Gasteiger partial charge is 0.381 e. The number of carbonyl (C=O) groups is 1. The Bertz CT molecular complexity index is 690. The van der Waals surface area contributed by atoms with Crippen LogP contribution >= 0.6 is 0 Å². The predicted molar refractivity (Wildman–Crippen MR) is 86.9 cm³/mol. The second kappa shape index (κ2) is 6.56. The molecule has 1 unspecified atom stereocenters. The minimum atomic E-state index is 0.0449. The van der Waals surface area contributed by atoms with Crippen LogP contribution in [0.1, 0.15) is 6.42 Å². The fourth-order valence-electron chi connectivity index (χ4n) is 3.19. The molecule has 0 spiro atoms. The van der Waals surface area contributed by atoms with Crippen LogP contribution < -0.4 is 4.90 Å². The third kappa shape index (κ3) is 2.96. The van der Waals surface area contributed by atoms with Gasteiger partial charge in [0.1, 0.15) is 24.3 Å².